The Morgan fingerprint density at radius 1 is 1.18 bits per heavy atom. The van der Waals surface area contributed by atoms with E-state index in [4.69, 9.17) is 9.26 Å². The van der Waals surface area contributed by atoms with Crippen LogP contribution in [0.4, 0.5) is 0 Å². The third-order valence-corrected chi connectivity index (χ3v) is 9.42. The summed E-state index contributed by atoms with van der Waals surface area (Å²) in [4.78, 5) is 24.4. The largest absolute Gasteiger partial charge is 0.477 e. The topological polar surface area (TPSA) is 93.1 Å². The molecule has 4 rings (SSSR count). The van der Waals surface area contributed by atoms with E-state index in [2.05, 4.69) is 0 Å². The first-order valence-electron chi connectivity index (χ1n) is 11.4. The van der Waals surface area contributed by atoms with Gasteiger partial charge in [-0.15, -0.1) is 11.3 Å². The van der Waals surface area contributed by atoms with Crippen molar-refractivity contribution in [3.8, 4) is 5.75 Å². The first-order chi connectivity index (χ1) is 16.4. The molecule has 2 aromatic carbocycles. The number of nitrogens with zero attached hydrogens (tertiary/aromatic N) is 1. The molecular weight excluding hydrogens is 473 g/mol. The fraction of sp³-hybridized carbons (Fsp3) is 0.360. The predicted molar refractivity (Wildman–Crippen MR) is 133 cm³/mol. The number of rotatable bonds is 10. The molecule has 0 amide bonds. The quantitative estimate of drug-likeness (QED) is 0.201. The molecule has 1 aliphatic heterocycles. The van der Waals surface area contributed by atoms with Crippen molar-refractivity contribution in [3.05, 3.63) is 65.0 Å². The Morgan fingerprint density at radius 2 is 1.97 bits per heavy atom. The molecule has 1 fully saturated rings. The van der Waals surface area contributed by atoms with Gasteiger partial charge in [0, 0.05) is 11.2 Å². The number of hydrogen-bond donors (Lipinski definition) is 1. The van der Waals surface area contributed by atoms with E-state index in [1.54, 1.807) is 22.9 Å². The van der Waals surface area contributed by atoms with Gasteiger partial charge in [-0.3, -0.25) is 9.36 Å². The fourth-order valence-corrected chi connectivity index (χ4v) is 7.54. The van der Waals surface area contributed by atoms with Gasteiger partial charge >= 0.3 is 19.5 Å². The SMILES string of the molecule is CCCCOC(=O)[C@@H]1CCCN1P(=O)(Cc1ccc2sc(C(=O)O)cc2c1)Oc1ccccc1. The second-order valence-electron chi connectivity index (χ2n) is 8.33. The van der Waals surface area contributed by atoms with Crippen molar-refractivity contribution >= 4 is 40.9 Å². The average Bonchev–Trinajstić information content (AvgIpc) is 3.47. The first kappa shape index (κ1) is 24.5. The third kappa shape index (κ3) is 5.52. The van der Waals surface area contributed by atoms with Gasteiger partial charge in [-0.2, -0.15) is 0 Å². The number of unbranched alkanes of at least 4 members (excludes halogenated alkanes) is 1. The maximum Gasteiger partial charge on any atom is 0.345 e. The Hall–Kier alpha value is -2.67. The molecule has 0 saturated carbocycles. The third-order valence-electron chi connectivity index (χ3n) is 5.80. The predicted octanol–water partition coefficient (Wildman–Crippen LogP) is 6.18. The summed E-state index contributed by atoms with van der Waals surface area (Å²) in [5.41, 5.74) is 0.756. The van der Waals surface area contributed by atoms with E-state index < -0.39 is 19.5 Å². The minimum Gasteiger partial charge on any atom is -0.477 e. The molecule has 3 aromatic rings. The molecule has 0 radical (unpaired) electrons. The number of esters is 1. The monoisotopic (exact) mass is 501 g/mol. The van der Waals surface area contributed by atoms with Crippen LogP contribution in [0.25, 0.3) is 10.1 Å². The molecule has 0 spiro atoms. The van der Waals surface area contributed by atoms with E-state index in [0.29, 0.717) is 25.3 Å². The second kappa shape index (κ2) is 10.7. The Bertz CT molecular complexity index is 1210. The molecule has 1 unspecified atom stereocenters. The number of hydrogen-bond acceptors (Lipinski definition) is 6. The molecule has 1 aromatic heterocycles. The zero-order valence-electron chi connectivity index (χ0n) is 19.0. The summed E-state index contributed by atoms with van der Waals surface area (Å²) in [6.45, 7) is 2.85. The van der Waals surface area contributed by atoms with Crippen LogP contribution in [0.15, 0.2) is 54.6 Å². The van der Waals surface area contributed by atoms with Crippen LogP contribution in [-0.2, 0) is 20.3 Å². The zero-order chi connectivity index (χ0) is 24.1. The number of fused-ring (bicyclic) bond motifs is 1. The summed E-state index contributed by atoms with van der Waals surface area (Å²) in [7, 11) is -3.53. The number of carbonyl (C=O) groups is 2. The maximum atomic E-state index is 14.5. The number of thiophene rings is 1. The van der Waals surface area contributed by atoms with E-state index in [0.717, 1.165) is 34.9 Å². The number of ether oxygens (including phenoxy) is 1. The molecule has 180 valence electrons. The van der Waals surface area contributed by atoms with E-state index >= 15 is 0 Å². The van der Waals surface area contributed by atoms with Crippen molar-refractivity contribution in [2.75, 3.05) is 13.2 Å². The molecule has 7 nitrogen and oxygen atoms in total. The second-order valence-corrected chi connectivity index (χ2v) is 11.7. The van der Waals surface area contributed by atoms with Crippen LogP contribution in [0.1, 0.15) is 47.8 Å². The fourth-order valence-electron chi connectivity index (χ4n) is 4.12. The number of carbonyl (C=O) groups excluding carboxylic acids is 1. The van der Waals surface area contributed by atoms with E-state index in [-0.39, 0.29) is 17.0 Å². The van der Waals surface area contributed by atoms with Crippen molar-refractivity contribution in [2.45, 2.75) is 44.8 Å². The lowest BCUT2D eigenvalue weighted by molar-refractivity contribution is -0.147. The number of carboxylic acid groups (broad SMARTS) is 1. The van der Waals surface area contributed by atoms with E-state index in [9.17, 15) is 19.3 Å². The highest BCUT2D eigenvalue weighted by Crippen LogP contribution is 2.57. The van der Waals surface area contributed by atoms with Crippen molar-refractivity contribution in [1.29, 1.82) is 0 Å². The van der Waals surface area contributed by atoms with Gasteiger partial charge < -0.3 is 14.4 Å². The molecule has 2 atom stereocenters. The number of para-hydroxylation sites is 1. The standard InChI is InChI=1S/C25H28NO6PS/c1-2-3-14-31-25(29)21-10-7-13-26(21)33(30,32-20-8-5-4-6-9-20)17-18-11-12-22-19(15-18)16-23(34-22)24(27)28/h4-6,8-9,11-12,15-16,21H,2-3,7,10,13-14,17H2,1H3,(H,27,28)/t21-,33?/m0/s1. The van der Waals surface area contributed by atoms with E-state index in [1.807, 2.05) is 43.3 Å². The Kier molecular flexibility index (Phi) is 7.71. The molecule has 0 bridgehead atoms. The summed E-state index contributed by atoms with van der Waals surface area (Å²) >= 11 is 1.20. The van der Waals surface area contributed by atoms with Gasteiger partial charge in [0.25, 0.3) is 0 Å². The highest BCUT2D eigenvalue weighted by Gasteiger charge is 2.45. The van der Waals surface area contributed by atoms with Crippen LogP contribution in [0.5, 0.6) is 5.75 Å². The summed E-state index contributed by atoms with van der Waals surface area (Å²) in [6.07, 6.45) is 3.09. The highest BCUT2D eigenvalue weighted by atomic mass is 32.1. The normalized spacial score (nSPS) is 18.0. The lowest BCUT2D eigenvalue weighted by atomic mass is 10.2. The van der Waals surface area contributed by atoms with Crippen LogP contribution in [0.2, 0.25) is 0 Å². The van der Waals surface area contributed by atoms with Gasteiger partial charge in [-0.25, -0.2) is 9.46 Å². The number of benzene rings is 2. The number of carboxylic acids is 1. The molecule has 34 heavy (non-hydrogen) atoms. The Balaban J connectivity index is 1.64. The van der Waals surface area contributed by atoms with Crippen LogP contribution in [0, 0.1) is 0 Å². The molecule has 1 N–H and O–H groups in total. The summed E-state index contributed by atoms with van der Waals surface area (Å²) in [6, 6.07) is 15.5. The lowest BCUT2D eigenvalue weighted by Gasteiger charge is -2.31. The van der Waals surface area contributed by atoms with Crippen molar-refractivity contribution in [2.24, 2.45) is 0 Å². The number of aromatic carboxylic acids is 1. The average molecular weight is 502 g/mol. The van der Waals surface area contributed by atoms with Crippen molar-refractivity contribution in [3.63, 3.8) is 0 Å². The van der Waals surface area contributed by atoms with Gasteiger partial charge in [0.2, 0.25) is 0 Å². The zero-order valence-corrected chi connectivity index (χ0v) is 20.7. The lowest BCUT2D eigenvalue weighted by Crippen LogP contribution is -2.37. The minimum atomic E-state index is -3.53. The van der Waals surface area contributed by atoms with Gasteiger partial charge in [0.05, 0.1) is 12.8 Å². The van der Waals surface area contributed by atoms with Crippen LogP contribution >= 0.6 is 18.9 Å². The van der Waals surface area contributed by atoms with E-state index in [1.165, 1.54) is 11.3 Å². The van der Waals surface area contributed by atoms with Gasteiger partial charge in [0.15, 0.2) is 0 Å². The molecule has 9 heteroatoms. The molecule has 1 saturated heterocycles. The Labute approximate surface area is 202 Å². The maximum absolute atomic E-state index is 14.5. The molecule has 0 aliphatic carbocycles. The summed E-state index contributed by atoms with van der Waals surface area (Å²) in [5.74, 6) is -0.856. The van der Waals surface area contributed by atoms with Crippen molar-refractivity contribution < 1.29 is 28.5 Å². The minimum absolute atomic E-state index is 0.0921. The molecule has 2 heterocycles. The Morgan fingerprint density at radius 3 is 2.71 bits per heavy atom. The summed E-state index contributed by atoms with van der Waals surface area (Å²) in [5, 5.41) is 10.1. The van der Waals surface area contributed by atoms with Crippen LogP contribution in [0.3, 0.4) is 0 Å². The molecule has 1 aliphatic rings. The van der Waals surface area contributed by atoms with Gasteiger partial charge in [-0.1, -0.05) is 37.6 Å². The molecular formula is C25H28NO6PS. The first-order valence-corrected chi connectivity index (χ1v) is 14.0. The van der Waals surface area contributed by atoms with Crippen molar-refractivity contribution in [1.82, 2.24) is 4.67 Å². The van der Waals surface area contributed by atoms with Crippen LogP contribution in [-0.4, -0.2) is 40.9 Å². The van der Waals surface area contributed by atoms with Gasteiger partial charge in [-0.05, 0) is 60.5 Å². The summed E-state index contributed by atoms with van der Waals surface area (Å²) < 4.78 is 28.6. The highest BCUT2D eigenvalue weighted by molar-refractivity contribution is 7.56. The van der Waals surface area contributed by atoms with Gasteiger partial charge in [0.1, 0.15) is 16.7 Å². The smallest absolute Gasteiger partial charge is 0.345 e. The van der Waals surface area contributed by atoms with Crippen LogP contribution < -0.4 is 4.52 Å².